The zero-order valence-corrected chi connectivity index (χ0v) is 61.4. The molecule has 576 valence electrons. The average Bonchev–Trinajstić information content (AvgIpc) is 0.783. The Hall–Kier alpha value is -3.55. The summed E-state index contributed by atoms with van der Waals surface area (Å²) < 4.78 is 34.4. The van der Waals surface area contributed by atoms with Crippen molar-refractivity contribution in [1.29, 1.82) is 0 Å². The van der Waals surface area contributed by atoms with Crippen LogP contribution in [0.1, 0.15) is 264 Å². The quantitative estimate of drug-likeness (QED) is 0.0199. The lowest BCUT2D eigenvalue weighted by Crippen LogP contribution is -2.66. The predicted molar refractivity (Wildman–Crippen MR) is 397 cm³/mol. The summed E-state index contributed by atoms with van der Waals surface area (Å²) in [5.74, 6) is -0.319. The molecule has 0 aromatic carbocycles. The van der Waals surface area contributed by atoms with Crippen LogP contribution in [0.15, 0.2) is 109 Å². The summed E-state index contributed by atoms with van der Waals surface area (Å²) in [5, 5.41) is 121. The molecule has 3 rings (SSSR count). The third kappa shape index (κ3) is 40.6. The molecule has 100 heavy (non-hydrogen) atoms. The molecule has 0 saturated carbocycles. The van der Waals surface area contributed by atoms with Gasteiger partial charge in [-0.1, -0.05) is 277 Å². The number of aliphatic hydroxyl groups excluding tert-OH is 11. The van der Waals surface area contributed by atoms with Crippen molar-refractivity contribution in [2.24, 2.45) is 0 Å². The smallest absolute Gasteiger partial charge is 0.220 e. The Morgan fingerprint density at radius 1 is 0.370 bits per heavy atom. The first-order valence-corrected chi connectivity index (χ1v) is 39.1. The van der Waals surface area contributed by atoms with Gasteiger partial charge in [-0.25, -0.2) is 0 Å². The van der Waals surface area contributed by atoms with E-state index in [1.165, 1.54) is 148 Å². The van der Waals surface area contributed by atoms with E-state index in [0.29, 0.717) is 12.8 Å². The maximum absolute atomic E-state index is 13.4. The van der Waals surface area contributed by atoms with E-state index in [2.05, 4.69) is 116 Å². The molecule has 3 aliphatic heterocycles. The van der Waals surface area contributed by atoms with Gasteiger partial charge in [-0.2, -0.15) is 0 Å². The number of carbonyl (C=O) groups is 1. The number of rotatable bonds is 60. The van der Waals surface area contributed by atoms with Crippen molar-refractivity contribution in [3.8, 4) is 0 Å². The topological polar surface area (TPSA) is 307 Å². The molecule has 0 radical (unpaired) electrons. The molecule has 17 unspecified atom stereocenters. The lowest BCUT2D eigenvalue weighted by atomic mass is 9.96. The molecule has 1 amide bonds. The zero-order chi connectivity index (χ0) is 72.5. The molecule has 0 spiro atoms. The predicted octanol–water partition coefficient (Wildman–Crippen LogP) is 12.6. The van der Waals surface area contributed by atoms with Gasteiger partial charge >= 0.3 is 0 Å². The molecule has 0 aromatic heterocycles. The fraction of sp³-hybridized carbons (Fsp3) is 0.765. The SMILES string of the molecule is CC/C=C\C/C=C\C/C=C\C/C=C\C/C=C\C/C=C\C/C=C\CCCCCC(=O)NC(COC1OC(CO)C(OC2OC(CO)C(OC3OC(CO)C(O)C(O)C3O)C(O)C2O)C(O)C1O)C(O)/C=C/CC/C=C/CCCCCCCCCCCCCCCCCCCCCCCCCC. The number of hydrogen-bond donors (Lipinski definition) is 12. The molecule has 19 heteroatoms. The van der Waals surface area contributed by atoms with Crippen LogP contribution in [0, 0.1) is 0 Å². The Balaban J connectivity index is 1.42. The Morgan fingerprint density at radius 2 is 0.700 bits per heavy atom. The van der Waals surface area contributed by atoms with Gasteiger partial charge in [0.25, 0.3) is 0 Å². The first-order chi connectivity index (χ1) is 48.8. The lowest BCUT2D eigenvalue weighted by Gasteiger charge is -2.48. The minimum atomic E-state index is -1.99. The van der Waals surface area contributed by atoms with Crippen molar-refractivity contribution in [2.75, 3.05) is 26.4 Å². The van der Waals surface area contributed by atoms with Crippen LogP contribution in [0.25, 0.3) is 0 Å². The second-order valence-corrected chi connectivity index (χ2v) is 27.4. The van der Waals surface area contributed by atoms with Gasteiger partial charge in [0, 0.05) is 6.42 Å². The van der Waals surface area contributed by atoms with E-state index in [1.54, 1.807) is 6.08 Å². The summed E-state index contributed by atoms with van der Waals surface area (Å²) in [7, 11) is 0. The standard InChI is InChI=1S/C81H139NO18/c1-3-5-7-9-11-13-15-17-19-21-23-25-27-29-30-31-32-33-35-36-38-40-42-44-46-48-50-52-54-56-58-65(86)64(82-69(87)59-57-55-53-51-49-47-45-43-41-39-37-34-28-26-24-22-20-18-16-14-12-10-8-6-4-2)63-95-79-75(93)72(90)77(67(61-84)97-79)100-81-76(94)73(91)78(68(62-85)98-81)99-80-74(92)71(89)70(88)66(60-83)96-80/h6,8,12,14,18,20,24,26,34,37,41,43,47-50,56,58,64-68,70-81,83-86,88-94H,3-5,7,9-11,13,15-17,19,21-23,25,27-33,35-36,38-40,42,44-46,51-55,57,59-63H2,1-2H3,(H,82,87)/b8-6-,14-12-,20-18-,26-24-,37-34-,43-41-,49-47-,50-48+,58-56+. The largest absolute Gasteiger partial charge is 0.394 e. The highest BCUT2D eigenvalue weighted by atomic mass is 16.8. The minimum absolute atomic E-state index is 0.189. The summed E-state index contributed by atoms with van der Waals surface area (Å²) in [6.45, 7) is 1.59. The molecule has 3 heterocycles. The number of carbonyl (C=O) groups excluding carboxylic acids is 1. The van der Waals surface area contributed by atoms with Gasteiger partial charge < -0.3 is 89.9 Å². The summed E-state index contributed by atoms with van der Waals surface area (Å²) in [4.78, 5) is 13.4. The van der Waals surface area contributed by atoms with Gasteiger partial charge in [0.1, 0.15) is 73.2 Å². The van der Waals surface area contributed by atoms with Gasteiger partial charge in [-0.3, -0.25) is 4.79 Å². The maximum atomic E-state index is 13.4. The summed E-state index contributed by atoms with van der Waals surface area (Å²) in [5.41, 5.74) is 0. The molecule has 17 atom stereocenters. The van der Waals surface area contributed by atoms with Crippen molar-refractivity contribution in [3.63, 3.8) is 0 Å². The molecule has 0 bridgehead atoms. The van der Waals surface area contributed by atoms with Crippen molar-refractivity contribution < 1.29 is 89.4 Å². The van der Waals surface area contributed by atoms with Crippen molar-refractivity contribution >= 4 is 5.91 Å². The van der Waals surface area contributed by atoms with Gasteiger partial charge in [0.15, 0.2) is 18.9 Å². The van der Waals surface area contributed by atoms with E-state index >= 15 is 0 Å². The van der Waals surface area contributed by atoms with Crippen LogP contribution in [-0.4, -0.2) is 193 Å². The molecular formula is C81H139NO18. The van der Waals surface area contributed by atoms with Crippen LogP contribution in [0.4, 0.5) is 0 Å². The Bertz CT molecular complexity index is 2230. The number of allylic oxidation sites excluding steroid dienone is 17. The average molecular weight is 1410 g/mol. The fourth-order valence-corrected chi connectivity index (χ4v) is 12.5. The summed E-state index contributed by atoms with van der Waals surface area (Å²) >= 11 is 0. The number of nitrogens with one attached hydrogen (secondary N) is 1. The van der Waals surface area contributed by atoms with E-state index in [4.69, 9.17) is 28.4 Å². The summed E-state index contributed by atoms with van der Waals surface area (Å²) in [6.07, 6.45) is 56.5. The van der Waals surface area contributed by atoms with Crippen LogP contribution in [0.2, 0.25) is 0 Å². The van der Waals surface area contributed by atoms with E-state index in [9.17, 15) is 61.0 Å². The third-order valence-electron chi connectivity index (χ3n) is 18.8. The van der Waals surface area contributed by atoms with E-state index in [0.717, 1.165) is 83.5 Å². The molecule has 19 nitrogen and oxygen atoms in total. The number of unbranched alkanes of at least 4 members (excludes halogenated alkanes) is 28. The van der Waals surface area contributed by atoms with E-state index in [1.807, 2.05) is 6.08 Å². The molecule has 0 aliphatic carbocycles. The van der Waals surface area contributed by atoms with Crippen LogP contribution >= 0.6 is 0 Å². The third-order valence-corrected chi connectivity index (χ3v) is 18.8. The number of aliphatic hydroxyl groups is 11. The monoisotopic (exact) mass is 1410 g/mol. The Morgan fingerprint density at radius 3 is 1.12 bits per heavy atom. The highest BCUT2D eigenvalue weighted by molar-refractivity contribution is 5.76. The van der Waals surface area contributed by atoms with Gasteiger partial charge in [-0.15, -0.1) is 0 Å². The van der Waals surface area contributed by atoms with Crippen LogP contribution in [-0.2, 0) is 33.2 Å². The second kappa shape index (κ2) is 60.7. The fourth-order valence-electron chi connectivity index (χ4n) is 12.5. The first kappa shape index (κ1) is 90.7. The normalized spacial score (nSPS) is 27.1. The van der Waals surface area contributed by atoms with Gasteiger partial charge in [-0.05, 0) is 89.9 Å². The lowest BCUT2D eigenvalue weighted by molar-refractivity contribution is -0.379. The maximum Gasteiger partial charge on any atom is 0.220 e. The molecule has 3 aliphatic rings. The van der Waals surface area contributed by atoms with Crippen LogP contribution < -0.4 is 5.32 Å². The van der Waals surface area contributed by atoms with Crippen molar-refractivity contribution in [2.45, 2.75) is 369 Å². The number of hydrogen-bond acceptors (Lipinski definition) is 18. The van der Waals surface area contributed by atoms with Crippen LogP contribution in [0.3, 0.4) is 0 Å². The van der Waals surface area contributed by atoms with Crippen LogP contribution in [0.5, 0.6) is 0 Å². The van der Waals surface area contributed by atoms with Gasteiger partial charge in [0.05, 0.1) is 38.6 Å². The highest BCUT2D eigenvalue weighted by Gasteiger charge is 2.53. The van der Waals surface area contributed by atoms with Crippen molar-refractivity contribution in [3.05, 3.63) is 109 Å². The Labute approximate surface area is 602 Å². The number of amides is 1. The molecular weight excluding hydrogens is 1270 g/mol. The highest BCUT2D eigenvalue weighted by Crippen LogP contribution is 2.33. The molecule has 3 fully saturated rings. The Kier molecular flexibility index (Phi) is 55.0. The van der Waals surface area contributed by atoms with Gasteiger partial charge in [0.2, 0.25) is 5.91 Å². The molecule has 3 saturated heterocycles. The second-order valence-electron chi connectivity index (χ2n) is 27.4. The molecule has 12 N–H and O–H groups in total. The van der Waals surface area contributed by atoms with E-state index in [-0.39, 0.29) is 18.9 Å². The first-order valence-electron chi connectivity index (χ1n) is 39.1. The number of ether oxygens (including phenoxy) is 6. The molecule has 0 aromatic rings. The van der Waals surface area contributed by atoms with E-state index < -0.39 is 124 Å². The van der Waals surface area contributed by atoms with Crippen molar-refractivity contribution in [1.82, 2.24) is 5.32 Å². The zero-order valence-electron chi connectivity index (χ0n) is 61.4. The minimum Gasteiger partial charge on any atom is -0.394 e. The summed E-state index contributed by atoms with van der Waals surface area (Å²) in [6, 6.07) is -1.02.